The maximum absolute atomic E-state index is 13.1. The molecule has 0 bridgehead atoms. The maximum atomic E-state index is 13.1. The van der Waals surface area contributed by atoms with Crippen LogP contribution in [0.3, 0.4) is 0 Å². The zero-order valence-electron chi connectivity index (χ0n) is 19.8. The van der Waals surface area contributed by atoms with Crippen LogP contribution in [0, 0.1) is 6.92 Å². The molecule has 2 aromatic carbocycles. The number of benzene rings is 2. The maximum Gasteiger partial charge on any atom is 0.344 e. The van der Waals surface area contributed by atoms with Gasteiger partial charge < -0.3 is 28.5 Å². The van der Waals surface area contributed by atoms with Crippen LogP contribution in [-0.2, 0) is 16.0 Å². The fraction of sp³-hybridized carbons (Fsp3) is 0.400. The Labute approximate surface area is 193 Å². The molecule has 0 aliphatic carbocycles. The molecule has 0 unspecified atom stereocenters. The van der Waals surface area contributed by atoms with Crippen molar-refractivity contribution in [2.24, 2.45) is 0 Å². The number of nitrogens with zero attached hydrogens (tertiary/aromatic N) is 1. The van der Waals surface area contributed by atoms with Crippen LogP contribution in [0.25, 0.3) is 22.1 Å². The van der Waals surface area contributed by atoms with E-state index in [0.29, 0.717) is 66.6 Å². The first-order valence-corrected chi connectivity index (χ1v) is 10.7. The third-order valence-electron chi connectivity index (χ3n) is 5.69. The highest BCUT2D eigenvalue weighted by Gasteiger charge is 2.20. The quantitative estimate of drug-likeness (QED) is 0.437. The molecule has 0 amide bonds. The van der Waals surface area contributed by atoms with Gasteiger partial charge in [-0.05, 0) is 42.3 Å². The Bertz CT molecular complexity index is 1150. The molecule has 178 valence electrons. The van der Waals surface area contributed by atoms with Crippen LogP contribution >= 0.6 is 0 Å². The second-order valence-corrected chi connectivity index (χ2v) is 7.66. The number of phenolic OH excluding ortho intramolecular Hbond substituents is 1. The number of aromatic hydroxyl groups is 1. The molecule has 0 saturated carbocycles. The van der Waals surface area contributed by atoms with Gasteiger partial charge in [0.25, 0.3) is 0 Å². The SMILES string of the molecule is COCCN(CCOC)Cc1c(O)ccc2c(C)c(-c3ccc(OC)c(OC)c3)c(=O)oc12. The number of ether oxygens (including phenoxy) is 4. The van der Waals surface area contributed by atoms with Gasteiger partial charge in [0.2, 0.25) is 0 Å². The summed E-state index contributed by atoms with van der Waals surface area (Å²) in [7, 11) is 6.39. The lowest BCUT2D eigenvalue weighted by Gasteiger charge is -2.23. The lowest BCUT2D eigenvalue weighted by molar-refractivity contribution is 0.110. The topological polar surface area (TPSA) is 90.6 Å². The standard InChI is InChI=1S/C25H31NO7/c1-16-18-7-8-20(27)19(15-26(10-12-29-2)11-13-30-3)24(18)33-25(28)23(16)17-6-9-21(31-4)22(14-17)32-5/h6-9,14,27H,10-13,15H2,1-5H3. The number of methoxy groups -OCH3 is 4. The second kappa shape index (κ2) is 11.2. The lowest BCUT2D eigenvalue weighted by Crippen LogP contribution is -2.30. The average molecular weight is 458 g/mol. The molecule has 0 atom stereocenters. The summed E-state index contributed by atoms with van der Waals surface area (Å²) in [5.74, 6) is 1.17. The van der Waals surface area contributed by atoms with Crippen molar-refractivity contribution in [3.05, 3.63) is 51.9 Å². The monoisotopic (exact) mass is 457 g/mol. The first kappa shape index (κ1) is 24.6. The van der Waals surface area contributed by atoms with Gasteiger partial charge in [-0.15, -0.1) is 0 Å². The summed E-state index contributed by atoms with van der Waals surface area (Å²) in [5, 5.41) is 11.4. The molecule has 0 aliphatic rings. The van der Waals surface area contributed by atoms with Gasteiger partial charge in [-0.25, -0.2) is 4.79 Å². The van der Waals surface area contributed by atoms with Crippen LogP contribution in [0.2, 0.25) is 0 Å². The highest BCUT2D eigenvalue weighted by atomic mass is 16.5. The number of hydrogen-bond donors (Lipinski definition) is 1. The molecule has 3 aromatic rings. The number of rotatable bonds is 11. The van der Waals surface area contributed by atoms with E-state index >= 15 is 0 Å². The number of fused-ring (bicyclic) bond motifs is 1. The zero-order chi connectivity index (χ0) is 24.0. The molecule has 1 heterocycles. The van der Waals surface area contributed by atoms with E-state index in [1.165, 1.54) is 0 Å². The summed E-state index contributed by atoms with van der Waals surface area (Å²) in [6.07, 6.45) is 0. The van der Waals surface area contributed by atoms with Crippen molar-refractivity contribution in [3.63, 3.8) is 0 Å². The van der Waals surface area contributed by atoms with E-state index < -0.39 is 5.63 Å². The molecule has 1 aromatic heterocycles. The van der Waals surface area contributed by atoms with Gasteiger partial charge in [0.1, 0.15) is 11.3 Å². The zero-order valence-corrected chi connectivity index (χ0v) is 19.8. The number of aryl methyl sites for hydroxylation is 1. The van der Waals surface area contributed by atoms with Gasteiger partial charge >= 0.3 is 5.63 Å². The lowest BCUT2D eigenvalue weighted by atomic mass is 9.97. The molecular weight excluding hydrogens is 426 g/mol. The van der Waals surface area contributed by atoms with Crippen LogP contribution in [0.1, 0.15) is 11.1 Å². The van der Waals surface area contributed by atoms with Gasteiger partial charge in [-0.3, -0.25) is 4.90 Å². The molecule has 0 saturated heterocycles. The Balaban J connectivity index is 2.11. The van der Waals surface area contributed by atoms with E-state index in [2.05, 4.69) is 4.90 Å². The number of phenols is 1. The van der Waals surface area contributed by atoms with Crippen molar-refractivity contribution < 1.29 is 28.5 Å². The van der Waals surface area contributed by atoms with E-state index in [1.807, 2.05) is 6.92 Å². The largest absolute Gasteiger partial charge is 0.507 e. The van der Waals surface area contributed by atoms with Crippen LogP contribution in [-0.4, -0.2) is 64.7 Å². The average Bonchev–Trinajstić information content (AvgIpc) is 2.82. The van der Waals surface area contributed by atoms with Crippen LogP contribution in [0.5, 0.6) is 17.2 Å². The summed E-state index contributed by atoms with van der Waals surface area (Å²) >= 11 is 0. The number of hydrogen-bond acceptors (Lipinski definition) is 8. The van der Waals surface area contributed by atoms with Crippen molar-refractivity contribution in [1.82, 2.24) is 4.90 Å². The fourth-order valence-electron chi connectivity index (χ4n) is 3.87. The van der Waals surface area contributed by atoms with Crippen molar-refractivity contribution in [2.75, 3.05) is 54.7 Å². The minimum Gasteiger partial charge on any atom is -0.507 e. The smallest absolute Gasteiger partial charge is 0.344 e. The summed E-state index contributed by atoms with van der Waals surface area (Å²) < 4.78 is 26.9. The predicted octanol–water partition coefficient (Wildman–Crippen LogP) is 3.59. The molecule has 8 heteroatoms. The first-order chi connectivity index (χ1) is 15.9. The third-order valence-corrected chi connectivity index (χ3v) is 5.69. The minimum absolute atomic E-state index is 0.0729. The predicted molar refractivity (Wildman–Crippen MR) is 126 cm³/mol. The van der Waals surface area contributed by atoms with E-state index in [4.69, 9.17) is 23.4 Å². The van der Waals surface area contributed by atoms with E-state index in [0.717, 1.165) is 10.9 Å². The van der Waals surface area contributed by atoms with Gasteiger partial charge in [0.15, 0.2) is 11.5 Å². The molecule has 0 aliphatic heterocycles. The molecular formula is C25H31NO7. The molecule has 0 fully saturated rings. The third kappa shape index (κ3) is 5.30. The molecule has 0 radical (unpaired) electrons. The molecule has 0 spiro atoms. The highest BCUT2D eigenvalue weighted by Crippen LogP contribution is 2.36. The fourth-order valence-corrected chi connectivity index (χ4v) is 3.87. The first-order valence-electron chi connectivity index (χ1n) is 10.7. The van der Waals surface area contributed by atoms with Crippen molar-refractivity contribution in [2.45, 2.75) is 13.5 Å². The Kier molecular flexibility index (Phi) is 8.32. The normalized spacial score (nSPS) is 11.3. The summed E-state index contributed by atoms with van der Waals surface area (Å²) in [4.78, 5) is 15.2. The van der Waals surface area contributed by atoms with Crippen molar-refractivity contribution in [3.8, 4) is 28.4 Å². The second-order valence-electron chi connectivity index (χ2n) is 7.66. The Morgan fingerprint density at radius 3 is 2.21 bits per heavy atom. The molecule has 33 heavy (non-hydrogen) atoms. The van der Waals surface area contributed by atoms with Crippen LogP contribution < -0.4 is 15.1 Å². The molecule has 8 nitrogen and oxygen atoms in total. The van der Waals surface area contributed by atoms with Crippen molar-refractivity contribution >= 4 is 11.0 Å². The van der Waals surface area contributed by atoms with Gasteiger partial charge in [0, 0.05) is 39.2 Å². The summed E-state index contributed by atoms with van der Waals surface area (Å²) in [5.41, 5.74) is 2.31. The van der Waals surface area contributed by atoms with Crippen LogP contribution in [0.4, 0.5) is 0 Å². The van der Waals surface area contributed by atoms with Gasteiger partial charge in [-0.2, -0.15) is 0 Å². The highest BCUT2D eigenvalue weighted by molar-refractivity contribution is 5.90. The Morgan fingerprint density at radius 2 is 1.61 bits per heavy atom. The summed E-state index contributed by atoms with van der Waals surface area (Å²) in [6, 6.07) is 8.70. The minimum atomic E-state index is -0.487. The van der Waals surface area contributed by atoms with Gasteiger partial charge in [0.05, 0.1) is 38.6 Å². The van der Waals surface area contributed by atoms with Crippen molar-refractivity contribution in [1.29, 1.82) is 0 Å². The van der Waals surface area contributed by atoms with E-state index in [9.17, 15) is 9.90 Å². The Hall–Kier alpha value is -3.07. The van der Waals surface area contributed by atoms with Crippen LogP contribution in [0.15, 0.2) is 39.5 Å². The molecule has 3 rings (SSSR count). The van der Waals surface area contributed by atoms with E-state index in [-0.39, 0.29) is 5.75 Å². The Morgan fingerprint density at radius 1 is 0.939 bits per heavy atom. The summed E-state index contributed by atoms with van der Waals surface area (Å²) in [6.45, 7) is 4.60. The van der Waals surface area contributed by atoms with Gasteiger partial charge in [-0.1, -0.05) is 6.07 Å². The van der Waals surface area contributed by atoms with E-state index in [1.54, 1.807) is 58.8 Å². The molecule has 1 N–H and O–H groups in total.